The van der Waals surface area contributed by atoms with Crippen LogP contribution in [0.25, 0.3) is 0 Å². The Morgan fingerprint density at radius 2 is 0.708 bits per heavy atom. The molecule has 4 amide bonds. The van der Waals surface area contributed by atoms with Crippen molar-refractivity contribution in [1.82, 2.24) is 0 Å². The third kappa shape index (κ3) is 10.4. The highest BCUT2D eigenvalue weighted by atomic mass is 16.2. The Hall–Kier alpha value is -5.24. The third-order valence-electron chi connectivity index (χ3n) is 8.41. The average Bonchev–Trinajstić information content (AvgIpc) is 3.09. The Kier molecular flexibility index (Phi) is 13.1. The second-order valence-electron chi connectivity index (χ2n) is 11.9. The summed E-state index contributed by atoms with van der Waals surface area (Å²) in [5, 5.41) is 11.7. The summed E-state index contributed by atoms with van der Waals surface area (Å²) >= 11 is 0. The van der Waals surface area contributed by atoms with E-state index in [0.717, 1.165) is 47.9 Å². The van der Waals surface area contributed by atoms with Crippen LogP contribution in [0.1, 0.15) is 62.8 Å². The summed E-state index contributed by atoms with van der Waals surface area (Å²) in [5.41, 5.74) is 6.45. The third-order valence-corrected chi connectivity index (χ3v) is 8.41. The van der Waals surface area contributed by atoms with E-state index in [2.05, 4.69) is 21.3 Å². The quantitative estimate of drug-likeness (QED) is 0.105. The SMILES string of the molecule is CCc1cccc(NC(=O)CC(C(=O)Nc2cccc(CC)c2)C(CC(=O)Nc2cccc(CC)c2)C(=O)Nc2cccc(CC)c2)c1. The molecule has 0 saturated carbocycles. The highest BCUT2D eigenvalue weighted by molar-refractivity contribution is 6.05. The summed E-state index contributed by atoms with van der Waals surface area (Å²) in [6, 6.07) is 29.9. The molecule has 4 N–H and O–H groups in total. The van der Waals surface area contributed by atoms with E-state index >= 15 is 0 Å². The van der Waals surface area contributed by atoms with Crippen LogP contribution in [0.4, 0.5) is 22.7 Å². The first-order chi connectivity index (χ1) is 23.2. The standard InChI is InChI=1S/C40H46N4O4/c1-5-27-13-9-17-31(21-27)41-37(45)25-35(39(47)43-33-19-11-15-29(7-3)23-33)36(40(48)44-34-20-12-16-30(8-4)24-34)26-38(46)42-32-18-10-14-28(6-2)22-32/h9-24,35-36H,5-8,25-26H2,1-4H3,(H,41,45)(H,42,46)(H,43,47)(H,44,48). The van der Waals surface area contributed by atoms with Gasteiger partial charge in [-0.05, 0) is 96.5 Å². The van der Waals surface area contributed by atoms with Gasteiger partial charge >= 0.3 is 0 Å². The van der Waals surface area contributed by atoms with Gasteiger partial charge in [0.15, 0.2) is 0 Å². The predicted molar refractivity (Wildman–Crippen MR) is 194 cm³/mol. The van der Waals surface area contributed by atoms with E-state index in [1.54, 1.807) is 24.3 Å². The van der Waals surface area contributed by atoms with Crippen LogP contribution in [0.2, 0.25) is 0 Å². The van der Waals surface area contributed by atoms with Crippen LogP contribution in [0.3, 0.4) is 0 Å². The fourth-order valence-corrected chi connectivity index (χ4v) is 5.60. The van der Waals surface area contributed by atoms with Gasteiger partial charge in [-0.15, -0.1) is 0 Å². The molecule has 0 fully saturated rings. The molecule has 2 unspecified atom stereocenters. The zero-order valence-corrected chi connectivity index (χ0v) is 28.3. The van der Waals surface area contributed by atoms with Crippen molar-refractivity contribution in [3.63, 3.8) is 0 Å². The lowest BCUT2D eigenvalue weighted by molar-refractivity contribution is -0.134. The summed E-state index contributed by atoms with van der Waals surface area (Å²) in [6.45, 7) is 8.09. The Morgan fingerprint density at radius 3 is 0.979 bits per heavy atom. The zero-order valence-electron chi connectivity index (χ0n) is 28.3. The van der Waals surface area contributed by atoms with Crippen LogP contribution in [0.15, 0.2) is 97.1 Å². The summed E-state index contributed by atoms with van der Waals surface area (Å²) in [4.78, 5) is 55.4. The number of carbonyl (C=O) groups excluding carboxylic acids is 4. The van der Waals surface area contributed by atoms with Gasteiger partial charge in [0.2, 0.25) is 23.6 Å². The lowest BCUT2D eigenvalue weighted by atomic mass is 9.84. The average molecular weight is 647 g/mol. The molecule has 8 nitrogen and oxygen atoms in total. The van der Waals surface area contributed by atoms with Crippen molar-refractivity contribution in [2.75, 3.05) is 21.3 Å². The van der Waals surface area contributed by atoms with Gasteiger partial charge in [0, 0.05) is 35.6 Å². The van der Waals surface area contributed by atoms with E-state index in [9.17, 15) is 19.2 Å². The van der Waals surface area contributed by atoms with Gasteiger partial charge in [0.1, 0.15) is 0 Å². The molecule has 8 heteroatoms. The van der Waals surface area contributed by atoms with Crippen molar-refractivity contribution in [1.29, 1.82) is 0 Å². The molecular formula is C40H46N4O4. The Morgan fingerprint density at radius 1 is 0.438 bits per heavy atom. The van der Waals surface area contributed by atoms with Crippen molar-refractivity contribution in [2.24, 2.45) is 11.8 Å². The first-order valence-corrected chi connectivity index (χ1v) is 16.8. The Bertz CT molecular complexity index is 1610. The van der Waals surface area contributed by atoms with E-state index in [4.69, 9.17) is 0 Å². The smallest absolute Gasteiger partial charge is 0.228 e. The lowest BCUT2D eigenvalue weighted by Crippen LogP contribution is -2.40. The fourth-order valence-electron chi connectivity index (χ4n) is 5.60. The van der Waals surface area contributed by atoms with Gasteiger partial charge in [-0.2, -0.15) is 0 Å². The van der Waals surface area contributed by atoms with Crippen molar-refractivity contribution < 1.29 is 19.2 Å². The Labute approximate surface area is 283 Å². The summed E-state index contributed by atoms with van der Waals surface area (Å²) in [7, 11) is 0. The van der Waals surface area contributed by atoms with E-state index in [0.29, 0.717) is 22.7 Å². The largest absolute Gasteiger partial charge is 0.326 e. The van der Waals surface area contributed by atoms with E-state index in [-0.39, 0.29) is 12.8 Å². The minimum absolute atomic E-state index is 0.318. The summed E-state index contributed by atoms with van der Waals surface area (Å²) in [6.07, 6.45) is 2.50. The molecule has 4 aromatic rings. The first kappa shape index (κ1) is 35.6. The summed E-state index contributed by atoms with van der Waals surface area (Å²) < 4.78 is 0. The minimum Gasteiger partial charge on any atom is -0.326 e. The van der Waals surface area contributed by atoms with Crippen molar-refractivity contribution >= 4 is 46.4 Å². The van der Waals surface area contributed by atoms with Crippen LogP contribution < -0.4 is 21.3 Å². The molecule has 2 atom stereocenters. The molecule has 250 valence electrons. The molecule has 0 radical (unpaired) electrons. The molecular weight excluding hydrogens is 600 g/mol. The van der Waals surface area contributed by atoms with Crippen LogP contribution >= 0.6 is 0 Å². The van der Waals surface area contributed by atoms with E-state index in [1.807, 2.05) is 100 Å². The van der Waals surface area contributed by atoms with Crippen LogP contribution in [-0.4, -0.2) is 23.6 Å². The van der Waals surface area contributed by atoms with Gasteiger partial charge in [-0.25, -0.2) is 0 Å². The minimum atomic E-state index is -1.17. The van der Waals surface area contributed by atoms with Gasteiger partial charge in [-0.3, -0.25) is 19.2 Å². The monoisotopic (exact) mass is 646 g/mol. The second kappa shape index (κ2) is 17.6. The fraction of sp³-hybridized carbons (Fsp3) is 0.300. The van der Waals surface area contributed by atoms with Gasteiger partial charge < -0.3 is 21.3 Å². The van der Waals surface area contributed by atoms with Gasteiger partial charge in [-0.1, -0.05) is 76.2 Å². The number of aryl methyl sites for hydroxylation is 4. The molecule has 0 heterocycles. The molecule has 0 aliphatic rings. The zero-order chi connectivity index (χ0) is 34.5. The van der Waals surface area contributed by atoms with Crippen molar-refractivity contribution in [3.05, 3.63) is 119 Å². The van der Waals surface area contributed by atoms with Crippen molar-refractivity contribution in [2.45, 2.75) is 66.2 Å². The van der Waals surface area contributed by atoms with Crippen molar-refractivity contribution in [3.8, 4) is 0 Å². The molecule has 0 aromatic heterocycles. The normalized spacial score (nSPS) is 12.0. The molecule has 48 heavy (non-hydrogen) atoms. The van der Waals surface area contributed by atoms with Gasteiger partial charge in [0.25, 0.3) is 0 Å². The number of hydrogen-bond acceptors (Lipinski definition) is 4. The molecule has 0 bridgehead atoms. The first-order valence-electron chi connectivity index (χ1n) is 16.8. The molecule has 4 aromatic carbocycles. The number of hydrogen-bond donors (Lipinski definition) is 4. The van der Waals surface area contributed by atoms with E-state index in [1.165, 1.54) is 0 Å². The number of benzene rings is 4. The number of carbonyl (C=O) groups is 4. The molecule has 0 aliphatic heterocycles. The van der Waals surface area contributed by atoms with Crippen LogP contribution in [0, 0.1) is 11.8 Å². The summed E-state index contributed by atoms with van der Waals surface area (Å²) in [5.74, 6) is -4.27. The molecule has 0 spiro atoms. The second-order valence-corrected chi connectivity index (χ2v) is 11.9. The number of nitrogens with one attached hydrogen (secondary N) is 4. The Balaban J connectivity index is 1.68. The molecule has 0 aliphatic carbocycles. The molecule has 0 saturated heterocycles. The molecule has 4 rings (SSSR count). The predicted octanol–water partition coefficient (Wildman–Crippen LogP) is 7.80. The van der Waals surface area contributed by atoms with E-state index < -0.39 is 35.5 Å². The van der Waals surface area contributed by atoms with Crippen LogP contribution in [-0.2, 0) is 44.9 Å². The topological polar surface area (TPSA) is 116 Å². The maximum atomic E-state index is 14.1. The van der Waals surface area contributed by atoms with Gasteiger partial charge in [0.05, 0.1) is 11.8 Å². The lowest BCUT2D eigenvalue weighted by Gasteiger charge is -2.26. The van der Waals surface area contributed by atoms with Crippen LogP contribution in [0.5, 0.6) is 0 Å². The highest BCUT2D eigenvalue weighted by Gasteiger charge is 2.37. The maximum absolute atomic E-state index is 14.1. The highest BCUT2D eigenvalue weighted by Crippen LogP contribution is 2.27. The number of anilines is 4. The maximum Gasteiger partial charge on any atom is 0.228 e. The number of amides is 4. The number of rotatable bonds is 15.